The van der Waals surface area contributed by atoms with Crippen molar-refractivity contribution in [3.63, 3.8) is 0 Å². The van der Waals surface area contributed by atoms with E-state index in [4.69, 9.17) is 0 Å². The van der Waals surface area contributed by atoms with Gasteiger partial charge in [-0.05, 0) is 0 Å². The first-order valence-electron chi connectivity index (χ1n) is 2.86. The summed E-state index contributed by atoms with van der Waals surface area (Å²) in [6, 6.07) is 0. The van der Waals surface area contributed by atoms with Gasteiger partial charge in [0.1, 0.15) is 17.6 Å². The third-order valence-electron chi connectivity index (χ3n) is 1.44. The highest BCUT2D eigenvalue weighted by atomic mass is 16.5. The van der Waals surface area contributed by atoms with E-state index in [9.17, 15) is 9.59 Å². The van der Waals surface area contributed by atoms with E-state index in [1.54, 1.807) is 5.94 Å². The molecule has 0 aliphatic carbocycles. The lowest BCUT2D eigenvalue weighted by molar-refractivity contribution is -0.145. The van der Waals surface area contributed by atoms with Gasteiger partial charge >= 0.3 is 5.97 Å². The number of ether oxygens (including phenoxy) is 1. The summed E-state index contributed by atoms with van der Waals surface area (Å²) in [6.45, 7) is 0.483. The van der Waals surface area contributed by atoms with Crippen LogP contribution in [0.25, 0.3) is 0 Å². The van der Waals surface area contributed by atoms with Crippen LogP contribution >= 0.6 is 0 Å². The minimum absolute atomic E-state index is 0.298. The normalized spacial score (nSPS) is 22.1. The summed E-state index contributed by atoms with van der Waals surface area (Å²) < 4.78 is 4.41. The van der Waals surface area contributed by atoms with Crippen LogP contribution in [0.3, 0.4) is 0 Å². The molecule has 0 aromatic rings. The van der Waals surface area contributed by atoms with Gasteiger partial charge in [-0.25, -0.2) is 4.79 Å². The van der Waals surface area contributed by atoms with Crippen molar-refractivity contribution in [3.8, 4) is 0 Å². The summed E-state index contributed by atoms with van der Waals surface area (Å²) in [6.07, 6.45) is 0. The molecule has 0 bridgehead atoms. The molecule has 4 nitrogen and oxygen atoms in total. The Morgan fingerprint density at radius 1 is 1.90 bits per heavy atom. The first-order chi connectivity index (χ1) is 4.79. The van der Waals surface area contributed by atoms with Gasteiger partial charge in [0.05, 0.1) is 7.11 Å². The molecule has 0 aromatic heterocycles. The molecule has 0 aromatic carbocycles. The number of methoxy groups -OCH3 is 1. The van der Waals surface area contributed by atoms with Crippen LogP contribution in [0.1, 0.15) is 0 Å². The zero-order valence-electron chi connectivity index (χ0n) is 5.51. The van der Waals surface area contributed by atoms with Crippen LogP contribution in [0.5, 0.6) is 0 Å². The van der Waals surface area contributed by atoms with Gasteiger partial charge in [0, 0.05) is 6.54 Å². The molecule has 0 amide bonds. The number of nitrogens with one attached hydrogen (secondary N) is 1. The molecule has 1 atom stereocenters. The molecular formula is C6H7NO3. The van der Waals surface area contributed by atoms with Crippen LogP contribution in [0, 0.1) is 5.92 Å². The summed E-state index contributed by atoms with van der Waals surface area (Å²) in [4.78, 5) is 20.7. The molecule has 1 fully saturated rings. The summed E-state index contributed by atoms with van der Waals surface area (Å²) in [5.41, 5.74) is 0.298. The van der Waals surface area contributed by atoms with Crippen molar-refractivity contribution in [2.75, 3.05) is 13.7 Å². The topological polar surface area (TPSA) is 55.4 Å². The number of carbonyl (C=O) groups is 1. The number of hydrogen-bond acceptors (Lipinski definition) is 4. The maximum atomic E-state index is 10.7. The predicted octanol–water partition coefficient (Wildman–Crippen LogP) is -0.906. The van der Waals surface area contributed by atoms with Gasteiger partial charge in [-0.2, -0.15) is 0 Å². The van der Waals surface area contributed by atoms with Crippen LogP contribution in [0.15, 0.2) is 5.70 Å². The Kier molecular flexibility index (Phi) is 1.73. The van der Waals surface area contributed by atoms with Crippen molar-refractivity contribution < 1.29 is 14.3 Å². The van der Waals surface area contributed by atoms with Gasteiger partial charge in [-0.1, -0.05) is 0 Å². The smallest absolute Gasteiger partial charge is 0.317 e. The molecule has 1 N–H and O–H groups in total. The number of rotatable bonds is 1. The standard InChI is InChI=1S/C6H7NO3/c1-10-6(9)4-2-7-5(4)3-8/h4,7H,2H2,1H3. The Morgan fingerprint density at radius 2 is 2.60 bits per heavy atom. The molecule has 1 heterocycles. The number of esters is 1. The van der Waals surface area contributed by atoms with Crippen molar-refractivity contribution in [1.82, 2.24) is 5.32 Å². The lowest BCUT2D eigenvalue weighted by Crippen LogP contribution is -2.45. The second kappa shape index (κ2) is 2.54. The Labute approximate surface area is 57.9 Å². The average molecular weight is 141 g/mol. The van der Waals surface area contributed by atoms with Crippen LogP contribution in [0.4, 0.5) is 0 Å². The van der Waals surface area contributed by atoms with Gasteiger partial charge in [-0.3, -0.25) is 4.79 Å². The molecule has 4 heteroatoms. The Morgan fingerprint density at radius 3 is 2.90 bits per heavy atom. The summed E-state index contributed by atoms with van der Waals surface area (Å²) in [5.74, 6) is 0.843. The Hall–Kier alpha value is -1.28. The molecule has 1 saturated heterocycles. The highest BCUT2D eigenvalue weighted by Gasteiger charge is 2.32. The third-order valence-corrected chi connectivity index (χ3v) is 1.44. The van der Waals surface area contributed by atoms with Crippen LogP contribution in [-0.2, 0) is 14.3 Å². The van der Waals surface area contributed by atoms with E-state index in [-0.39, 0.29) is 5.97 Å². The SMILES string of the molecule is COC(=O)C1CNC1=C=O. The maximum Gasteiger partial charge on any atom is 0.317 e. The molecule has 1 rings (SSSR count). The molecule has 0 radical (unpaired) electrons. The first-order valence-corrected chi connectivity index (χ1v) is 2.86. The number of hydrogen-bond donors (Lipinski definition) is 1. The van der Waals surface area contributed by atoms with Gasteiger partial charge in [0.25, 0.3) is 0 Å². The summed E-state index contributed by atoms with van der Waals surface area (Å²) >= 11 is 0. The fraction of sp³-hybridized carbons (Fsp3) is 0.500. The summed E-state index contributed by atoms with van der Waals surface area (Å²) in [5, 5.41) is 2.65. The fourth-order valence-electron chi connectivity index (χ4n) is 0.757. The monoisotopic (exact) mass is 141 g/mol. The van der Waals surface area contributed by atoms with E-state index in [2.05, 4.69) is 10.1 Å². The zero-order valence-corrected chi connectivity index (χ0v) is 5.51. The largest absolute Gasteiger partial charge is 0.468 e. The van der Waals surface area contributed by atoms with Crippen molar-refractivity contribution in [2.45, 2.75) is 0 Å². The highest BCUT2D eigenvalue weighted by molar-refractivity contribution is 5.81. The predicted molar refractivity (Wildman–Crippen MR) is 32.7 cm³/mol. The van der Waals surface area contributed by atoms with Crippen molar-refractivity contribution in [2.24, 2.45) is 5.92 Å². The average Bonchev–Trinajstić information content (AvgIpc) is 1.86. The van der Waals surface area contributed by atoms with E-state index in [1.165, 1.54) is 7.11 Å². The van der Waals surface area contributed by atoms with Gasteiger partial charge in [0.2, 0.25) is 0 Å². The Balaban J connectivity index is 2.59. The molecule has 1 aliphatic heterocycles. The van der Waals surface area contributed by atoms with E-state index in [1.807, 2.05) is 0 Å². The molecule has 10 heavy (non-hydrogen) atoms. The lowest BCUT2D eigenvalue weighted by Gasteiger charge is -2.25. The van der Waals surface area contributed by atoms with E-state index >= 15 is 0 Å². The zero-order chi connectivity index (χ0) is 7.56. The first kappa shape index (κ1) is 6.83. The van der Waals surface area contributed by atoms with E-state index in [0.29, 0.717) is 12.2 Å². The molecule has 54 valence electrons. The molecule has 1 aliphatic rings. The van der Waals surface area contributed by atoms with Gasteiger partial charge in [-0.15, -0.1) is 0 Å². The van der Waals surface area contributed by atoms with Gasteiger partial charge in [0.15, 0.2) is 0 Å². The van der Waals surface area contributed by atoms with Crippen molar-refractivity contribution >= 4 is 11.9 Å². The number of carbonyl (C=O) groups excluding carboxylic acids is 2. The van der Waals surface area contributed by atoms with Crippen molar-refractivity contribution in [3.05, 3.63) is 5.70 Å². The van der Waals surface area contributed by atoms with Crippen LogP contribution < -0.4 is 5.32 Å². The second-order valence-corrected chi connectivity index (χ2v) is 1.97. The Bertz CT molecular complexity index is 205. The van der Waals surface area contributed by atoms with Crippen molar-refractivity contribution in [1.29, 1.82) is 0 Å². The maximum absolute atomic E-state index is 10.7. The molecule has 1 unspecified atom stereocenters. The van der Waals surface area contributed by atoms with Gasteiger partial charge < -0.3 is 10.1 Å². The van der Waals surface area contributed by atoms with E-state index < -0.39 is 5.92 Å². The lowest BCUT2D eigenvalue weighted by atomic mass is 9.99. The molecular weight excluding hydrogens is 134 g/mol. The molecule has 0 saturated carbocycles. The third kappa shape index (κ3) is 0.890. The van der Waals surface area contributed by atoms with Crippen LogP contribution in [-0.4, -0.2) is 25.6 Å². The minimum Gasteiger partial charge on any atom is -0.468 e. The second-order valence-electron chi connectivity index (χ2n) is 1.97. The highest BCUT2D eigenvalue weighted by Crippen LogP contribution is 2.14. The summed E-state index contributed by atoms with van der Waals surface area (Å²) in [7, 11) is 1.29. The quantitative estimate of drug-likeness (QED) is 0.379. The van der Waals surface area contributed by atoms with E-state index in [0.717, 1.165) is 0 Å². The molecule has 0 spiro atoms. The fourth-order valence-corrected chi connectivity index (χ4v) is 0.757. The van der Waals surface area contributed by atoms with Crippen LogP contribution in [0.2, 0.25) is 0 Å². The minimum atomic E-state index is -0.400.